The SMILES string of the molecule is CCc1cc(O)cc2c1C(=O)OCC/C=C/CC/C=C/C(=N/OCC(=O)N1CCSCC1)C2. The molecule has 0 aromatic heterocycles. The summed E-state index contributed by atoms with van der Waals surface area (Å²) in [5, 5.41) is 14.5. The number of oxime groups is 1. The van der Waals surface area contributed by atoms with Crippen molar-refractivity contribution >= 4 is 29.4 Å². The molecule has 0 bridgehead atoms. The van der Waals surface area contributed by atoms with Gasteiger partial charge in [0, 0.05) is 31.0 Å². The maximum Gasteiger partial charge on any atom is 0.338 e. The summed E-state index contributed by atoms with van der Waals surface area (Å²) in [7, 11) is 0. The van der Waals surface area contributed by atoms with Crippen LogP contribution in [0.25, 0.3) is 0 Å². The van der Waals surface area contributed by atoms with Crippen molar-refractivity contribution in [2.75, 3.05) is 37.8 Å². The van der Waals surface area contributed by atoms with Crippen LogP contribution in [0.5, 0.6) is 5.75 Å². The Balaban J connectivity index is 1.83. The number of fused-ring (bicyclic) bond motifs is 1. The number of benzene rings is 1. The number of hydrogen-bond donors (Lipinski definition) is 1. The maximum absolute atomic E-state index is 12.9. The van der Waals surface area contributed by atoms with Crippen molar-refractivity contribution in [3.63, 3.8) is 0 Å². The highest BCUT2D eigenvalue weighted by Gasteiger charge is 2.20. The molecular formula is C25H32N2O5S. The molecule has 3 rings (SSSR count). The summed E-state index contributed by atoms with van der Waals surface area (Å²) in [5.74, 6) is 1.48. The van der Waals surface area contributed by atoms with Crippen LogP contribution in [0, 0.1) is 0 Å². The molecule has 0 saturated carbocycles. The Morgan fingerprint density at radius 2 is 1.94 bits per heavy atom. The molecule has 2 heterocycles. The van der Waals surface area contributed by atoms with Gasteiger partial charge in [0.1, 0.15) is 5.75 Å². The summed E-state index contributed by atoms with van der Waals surface area (Å²) in [6, 6.07) is 3.17. The number of carbonyl (C=O) groups excluding carboxylic acids is 2. The van der Waals surface area contributed by atoms with Crippen LogP contribution in [-0.2, 0) is 27.2 Å². The van der Waals surface area contributed by atoms with E-state index < -0.39 is 5.97 Å². The second-order valence-electron chi connectivity index (χ2n) is 7.89. The lowest BCUT2D eigenvalue weighted by Crippen LogP contribution is -2.39. The number of aryl methyl sites for hydroxylation is 1. The number of amides is 1. The lowest BCUT2D eigenvalue weighted by Gasteiger charge is -2.25. The Hall–Kier alpha value is -2.74. The molecule has 1 amide bonds. The van der Waals surface area contributed by atoms with E-state index in [4.69, 9.17) is 9.57 Å². The fraction of sp³-hybridized carbons (Fsp3) is 0.480. The zero-order valence-electron chi connectivity index (χ0n) is 19.1. The molecule has 1 N–H and O–H groups in total. The predicted molar refractivity (Wildman–Crippen MR) is 131 cm³/mol. The second-order valence-corrected chi connectivity index (χ2v) is 9.12. The van der Waals surface area contributed by atoms with Crippen LogP contribution in [0.3, 0.4) is 0 Å². The number of phenols is 1. The number of cyclic esters (lactones) is 1. The molecule has 8 heteroatoms. The van der Waals surface area contributed by atoms with Crippen molar-refractivity contribution in [3.8, 4) is 5.75 Å². The Bertz CT molecular complexity index is 920. The van der Waals surface area contributed by atoms with Crippen molar-refractivity contribution in [1.29, 1.82) is 0 Å². The van der Waals surface area contributed by atoms with Gasteiger partial charge >= 0.3 is 5.97 Å². The van der Waals surface area contributed by atoms with Crippen molar-refractivity contribution in [2.24, 2.45) is 5.16 Å². The quantitative estimate of drug-likeness (QED) is 0.406. The van der Waals surface area contributed by atoms with Gasteiger partial charge in [0.25, 0.3) is 5.91 Å². The number of allylic oxidation sites excluding steroid dienone is 3. The fourth-order valence-corrected chi connectivity index (χ4v) is 4.66. The smallest absolute Gasteiger partial charge is 0.338 e. The number of carbonyl (C=O) groups is 2. The first kappa shape index (κ1) is 24.9. The molecule has 0 atom stereocenters. The van der Waals surface area contributed by atoms with Crippen molar-refractivity contribution in [3.05, 3.63) is 53.1 Å². The molecule has 1 saturated heterocycles. The third-order valence-electron chi connectivity index (χ3n) is 5.47. The third-order valence-corrected chi connectivity index (χ3v) is 6.41. The lowest BCUT2D eigenvalue weighted by atomic mass is 9.94. The van der Waals surface area contributed by atoms with Gasteiger partial charge in [0.15, 0.2) is 6.61 Å². The normalized spacial score (nSPS) is 20.9. The van der Waals surface area contributed by atoms with Gasteiger partial charge < -0.3 is 19.6 Å². The molecular weight excluding hydrogens is 440 g/mol. The van der Waals surface area contributed by atoms with Crippen LogP contribution in [0.2, 0.25) is 0 Å². The van der Waals surface area contributed by atoms with E-state index in [1.54, 1.807) is 17.0 Å². The van der Waals surface area contributed by atoms with E-state index in [0.29, 0.717) is 36.3 Å². The molecule has 2 aliphatic rings. The molecule has 0 spiro atoms. The number of thioether (sulfide) groups is 1. The number of ether oxygens (including phenoxy) is 1. The molecule has 1 fully saturated rings. The van der Waals surface area contributed by atoms with Gasteiger partial charge in [-0.1, -0.05) is 30.3 Å². The van der Waals surface area contributed by atoms with E-state index in [9.17, 15) is 14.7 Å². The summed E-state index contributed by atoms with van der Waals surface area (Å²) in [5.41, 5.74) is 2.37. The van der Waals surface area contributed by atoms with Crippen LogP contribution < -0.4 is 0 Å². The summed E-state index contributed by atoms with van der Waals surface area (Å²) < 4.78 is 5.50. The monoisotopic (exact) mass is 472 g/mol. The molecule has 33 heavy (non-hydrogen) atoms. The highest BCUT2D eigenvalue weighted by molar-refractivity contribution is 7.99. The van der Waals surface area contributed by atoms with Gasteiger partial charge in [0.05, 0.1) is 17.9 Å². The minimum atomic E-state index is -0.408. The van der Waals surface area contributed by atoms with Crippen LogP contribution in [-0.4, -0.2) is 65.4 Å². The van der Waals surface area contributed by atoms with E-state index in [1.165, 1.54) is 0 Å². The van der Waals surface area contributed by atoms with Crippen molar-refractivity contribution in [1.82, 2.24) is 4.90 Å². The van der Waals surface area contributed by atoms with Gasteiger partial charge in [-0.2, -0.15) is 11.8 Å². The van der Waals surface area contributed by atoms with Crippen LogP contribution in [0.15, 0.2) is 41.6 Å². The summed E-state index contributed by atoms with van der Waals surface area (Å²) in [6.45, 7) is 3.56. The minimum absolute atomic E-state index is 0.0791. The zero-order chi connectivity index (χ0) is 23.5. The van der Waals surface area contributed by atoms with Crippen LogP contribution >= 0.6 is 11.8 Å². The molecule has 7 nitrogen and oxygen atoms in total. The Morgan fingerprint density at radius 3 is 2.73 bits per heavy atom. The van der Waals surface area contributed by atoms with Gasteiger partial charge in [-0.3, -0.25) is 4.79 Å². The van der Waals surface area contributed by atoms with Gasteiger partial charge in [-0.25, -0.2) is 4.79 Å². The maximum atomic E-state index is 12.9. The highest BCUT2D eigenvalue weighted by atomic mass is 32.2. The number of phenolic OH excluding ortho intramolecular Hbond substituents is 1. The van der Waals surface area contributed by atoms with Crippen LogP contribution in [0.1, 0.15) is 47.7 Å². The van der Waals surface area contributed by atoms with Crippen molar-refractivity contribution in [2.45, 2.75) is 39.0 Å². The Morgan fingerprint density at radius 1 is 1.18 bits per heavy atom. The van der Waals surface area contributed by atoms with E-state index in [1.807, 2.05) is 36.9 Å². The molecule has 1 aromatic carbocycles. The molecule has 178 valence electrons. The predicted octanol–water partition coefficient (Wildman–Crippen LogP) is 3.90. The molecule has 0 aliphatic carbocycles. The Kier molecular flexibility index (Phi) is 9.87. The summed E-state index contributed by atoms with van der Waals surface area (Å²) in [4.78, 5) is 32.5. The Labute approximate surface area is 199 Å². The molecule has 2 aliphatic heterocycles. The number of aromatic hydroxyl groups is 1. The number of hydrogen-bond acceptors (Lipinski definition) is 7. The topological polar surface area (TPSA) is 88.4 Å². The van der Waals surface area contributed by atoms with E-state index in [2.05, 4.69) is 11.2 Å². The lowest BCUT2D eigenvalue weighted by molar-refractivity contribution is -0.135. The van der Waals surface area contributed by atoms with Gasteiger partial charge in [-0.15, -0.1) is 0 Å². The number of esters is 1. The standard InChI is InChI=1S/C25H32N2O5S/c1-2-19-16-22(28)17-20-15-21(26-32-18-23(29)27-10-13-33-14-11-27)9-7-5-3-4-6-8-12-31-25(30)24(19)20/h4,6-7,9,16-17,28H,2-3,5,8,10-15,18H2,1H3/b6-4+,9-7+,26-21-. The summed E-state index contributed by atoms with van der Waals surface area (Å²) >= 11 is 1.84. The van der Waals surface area contributed by atoms with Crippen molar-refractivity contribution < 1.29 is 24.3 Å². The second kappa shape index (κ2) is 13.1. The first-order chi connectivity index (χ1) is 16.1. The first-order valence-corrected chi connectivity index (χ1v) is 12.6. The highest BCUT2D eigenvalue weighted by Crippen LogP contribution is 2.25. The van der Waals surface area contributed by atoms with E-state index in [-0.39, 0.29) is 24.7 Å². The third kappa shape index (κ3) is 7.67. The largest absolute Gasteiger partial charge is 0.508 e. The molecule has 1 aromatic rings. The van der Waals surface area contributed by atoms with E-state index in [0.717, 1.165) is 43.0 Å². The van der Waals surface area contributed by atoms with Gasteiger partial charge in [0.2, 0.25) is 0 Å². The molecule has 0 unspecified atom stereocenters. The zero-order valence-corrected chi connectivity index (χ0v) is 19.9. The first-order valence-electron chi connectivity index (χ1n) is 11.5. The minimum Gasteiger partial charge on any atom is -0.508 e. The van der Waals surface area contributed by atoms with Gasteiger partial charge in [-0.05, 0) is 55.0 Å². The number of rotatable bonds is 4. The average molecular weight is 473 g/mol. The number of nitrogens with zero attached hydrogens (tertiary/aromatic N) is 2. The van der Waals surface area contributed by atoms with Crippen LogP contribution in [0.4, 0.5) is 0 Å². The summed E-state index contributed by atoms with van der Waals surface area (Å²) in [6.07, 6.45) is 11.1. The van der Waals surface area contributed by atoms with E-state index >= 15 is 0 Å². The fourth-order valence-electron chi connectivity index (χ4n) is 3.76. The average Bonchev–Trinajstić information content (AvgIpc) is 2.82. The molecule has 0 radical (unpaired) electrons.